The largest absolute Gasteiger partial charge is 0.507 e. The van der Waals surface area contributed by atoms with Crippen molar-refractivity contribution in [3.05, 3.63) is 27.7 Å². The summed E-state index contributed by atoms with van der Waals surface area (Å²) in [6.07, 6.45) is 0.625. The molecule has 0 aliphatic carbocycles. The SMILES string of the molecule is CCC(N)c1c(O)cc(C)[nH]c1=O. The monoisotopic (exact) mass is 182 g/mol. The Bertz CT molecular complexity index is 357. The zero-order valence-corrected chi connectivity index (χ0v) is 7.79. The number of aromatic amines is 1. The summed E-state index contributed by atoms with van der Waals surface area (Å²) >= 11 is 0. The van der Waals surface area contributed by atoms with Crippen LogP contribution in [0.15, 0.2) is 10.9 Å². The van der Waals surface area contributed by atoms with Gasteiger partial charge in [-0.3, -0.25) is 4.79 Å². The maximum absolute atomic E-state index is 11.4. The molecular formula is C9H14N2O2. The number of nitrogens with one attached hydrogen (secondary N) is 1. The van der Waals surface area contributed by atoms with Crippen LogP contribution in [0.1, 0.15) is 30.6 Å². The quantitative estimate of drug-likeness (QED) is 0.633. The molecule has 0 fully saturated rings. The summed E-state index contributed by atoms with van der Waals surface area (Å²) in [6, 6.07) is 1.11. The fourth-order valence-corrected chi connectivity index (χ4v) is 1.24. The number of nitrogens with two attached hydrogens (primary N) is 1. The molecule has 1 heterocycles. The highest BCUT2D eigenvalue weighted by molar-refractivity contribution is 5.33. The first kappa shape index (κ1) is 9.80. The van der Waals surface area contributed by atoms with E-state index in [1.54, 1.807) is 6.92 Å². The Kier molecular flexibility index (Phi) is 2.72. The van der Waals surface area contributed by atoms with Gasteiger partial charge in [0.25, 0.3) is 5.56 Å². The predicted molar refractivity (Wildman–Crippen MR) is 50.7 cm³/mol. The van der Waals surface area contributed by atoms with Gasteiger partial charge in [0.2, 0.25) is 0 Å². The number of aromatic hydroxyl groups is 1. The van der Waals surface area contributed by atoms with Gasteiger partial charge >= 0.3 is 0 Å². The van der Waals surface area contributed by atoms with Crippen LogP contribution in [0, 0.1) is 6.92 Å². The number of H-pyrrole nitrogens is 1. The molecule has 0 aliphatic heterocycles. The van der Waals surface area contributed by atoms with Crippen LogP contribution >= 0.6 is 0 Å². The van der Waals surface area contributed by atoms with Gasteiger partial charge < -0.3 is 15.8 Å². The first-order valence-electron chi connectivity index (χ1n) is 4.24. The van der Waals surface area contributed by atoms with Gasteiger partial charge in [0.05, 0.1) is 5.56 Å². The van der Waals surface area contributed by atoms with E-state index >= 15 is 0 Å². The van der Waals surface area contributed by atoms with E-state index in [9.17, 15) is 9.90 Å². The maximum Gasteiger partial charge on any atom is 0.256 e. The Balaban J connectivity index is 3.29. The molecule has 0 spiro atoms. The average Bonchev–Trinajstić information content (AvgIpc) is 2.02. The van der Waals surface area contributed by atoms with E-state index in [2.05, 4.69) is 4.98 Å². The third-order valence-electron chi connectivity index (χ3n) is 2.00. The second kappa shape index (κ2) is 3.62. The lowest BCUT2D eigenvalue weighted by molar-refractivity contribution is 0.456. The lowest BCUT2D eigenvalue weighted by Crippen LogP contribution is -2.21. The number of aromatic nitrogens is 1. The van der Waals surface area contributed by atoms with Crippen molar-refractivity contribution in [3.8, 4) is 5.75 Å². The number of hydrogen-bond acceptors (Lipinski definition) is 3. The van der Waals surface area contributed by atoms with Crippen LogP contribution in [0.5, 0.6) is 5.75 Å². The van der Waals surface area contributed by atoms with E-state index in [-0.39, 0.29) is 16.9 Å². The summed E-state index contributed by atoms with van der Waals surface area (Å²) in [5.41, 5.74) is 6.27. The third-order valence-corrected chi connectivity index (χ3v) is 2.00. The van der Waals surface area contributed by atoms with Crippen LogP contribution in [0.4, 0.5) is 0 Å². The molecule has 1 unspecified atom stereocenters. The molecule has 1 aromatic rings. The molecule has 0 aromatic carbocycles. The highest BCUT2D eigenvalue weighted by Gasteiger charge is 2.13. The summed E-state index contributed by atoms with van der Waals surface area (Å²) in [7, 11) is 0. The fraction of sp³-hybridized carbons (Fsp3) is 0.444. The van der Waals surface area contributed by atoms with Crippen molar-refractivity contribution in [1.82, 2.24) is 4.98 Å². The molecule has 4 nitrogen and oxygen atoms in total. The highest BCUT2D eigenvalue weighted by Crippen LogP contribution is 2.20. The summed E-state index contributed by atoms with van der Waals surface area (Å²) in [4.78, 5) is 14.0. The average molecular weight is 182 g/mol. The van der Waals surface area contributed by atoms with Gasteiger partial charge in [0, 0.05) is 11.7 Å². The number of pyridine rings is 1. The van der Waals surface area contributed by atoms with Gasteiger partial charge in [0.15, 0.2) is 0 Å². The van der Waals surface area contributed by atoms with Crippen molar-refractivity contribution >= 4 is 0 Å². The first-order valence-corrected chi connectivity index (χ1v) is 4.24. The molecule has 0 radical (unpaired) electrons. The third kappa shape index (κ3) is 1.89. The smallest absolute Gasteiger partial charge is 0.256 e. The van der Waals surface area contributed by atoms with Crippen LogP contribution in [0.3, 0.4) is 0 Å². The van der Waals surface area contributed by atoms with E-state index in [0.717, 1.165) is 0 Å². The normalized spacial score (nSPS) is 12.8. The summed E-state index contributed by atoms with van der Waals surface area (Å²) < 4.78 is 0. The van der Waals surface area contributed by atoms with Gasteiger partial charge in [-0.1, -0.05) is 6.92 Å². The van der Waals surface area contributed by atoms with Crippen LogP contribution in [-0.2, 0) is 0 Å². The van der Waals surface area contributed by atoms with E-state index in [0.29, 0.717) is 12.1 Å². The van der Waals surface area contributed by atoms with E-state index in [1.165, 1.54) is 6.07 Å². The van der Waals surface area contributed by atoms with Crippen molar-refractivity contribution < 1.29 is 5.11 Å². The molecule has 4 heteroatoms. The Hall–Kier alpha value is -1.29. The maximum atomic E-state index is 11.4. The van der Waals surface area contributed by atoms with Crippen molar-refractivity contribution in [2.24, 2.45) is 5.73 Å². The summed E-state index contributed by atoms with van der Waals surface area (Å²) in [6.45, 7) is 3.58. The van der Waals surface area contributed by atoms with E-state index in [4.69, 9.17) is 5.73 Å². The Morgan fingerprint density at radius 1 is 1.69 bits per heavy atom. The molecule has 0 aliphatic rings. The molecule has 1 atom stereocenters. The van der Waals surface area contributed by atoms with Gasteiger partial charge in [-0.25, -0.2) is 0 Å². The van der Waals surface area contributed by atoms with Crippen molar-refractivity contribution in [2.45, 2.75) is 26.3 Å². The Labute approximate surface area is 76.4 Å². The fourth-order valence-electron chi connectivity index (χ4n) is 1.24. The standard InChI is InChI=1S/C9H14N2O2/c1-3-6(10)8-7(12)4-5(2)11-9(8)13/h4,6H,3,10H2,1-2H3,(H2,11,12,13). The zero-order chi connectivity index (χ0) is 10.0. The van der Waals surface area contributed by atoms with Crippen molar-refractivity contribution in [2.75, 3.05) is 0 Å². The number of aryl methyl sites for hydroxylation is 1. The highest BCUT2D eigenvalue weighted by atomic mass is 16.3. The zero-order valence-electron chi connectivity index (χ0n) is 7.79. The lowest BCUT2D eigenvalue weighted by Gasteiger charge is -2.10. The second-order valence-corrected chi connectivity index (χ2v) is 3.10. The minimum absolute atomic E-state index is 0.0180. The van der Waals surface area contributed by atoms with Gasteiger partial charge in [0.1, 0.15) is 5.75 Å². The molecule has 1 rings (SSSR count). The van der Waals surface area contributed by atoms with Crippen LogP contribution in [0.2, 0.25) is 0 Å². The minimum atomic E-state index is -0.399. The topological polar surface area (TPSA) is 79.1 Å². The Morgan fingerprint density at radius 3 is 2.77 bits per heavy atom. The second-order valence-electron chi connectivity index (χ2n) is 3.10. The van der Waals surface area contributed by atoms with Crippen molar-refractivity contribution in [3.63, 3.8) is 0 Å². The van der Waals surface area contributed by atoms with E-state index < -0.39 is 6.04 Å². The van der Waals surface area contributed by atoms with Gasteiger partial charge in [-0.05, 0) is 19.4 Å². The molecule has 0 saturated heterocycles. The number of hydrogen-bond donors (Lipinski definition) is 3. The molecule has 1 aromatic heterocycles. The summed E-state index contributed by atoms with van der Waals surface area (Å²) in [5.74, 6) is -0.0180. The van der Waals surface area contributed by atoms with E-state index in [1.807, 2.05) is 6.92 Å². The van der Waals surface area contributed by atoms with Crippen LogP contribution in [0.25, 0.3) is 0 Å². The van der Waals surface area contributed by atoms with Crippen LogP contribution in [-0.4, -0.2) is 10.1 Å². The molecule has 0 bridgehead atoms. The first-order chi connectivity index (χ1) is 6.06. The molecule has 0 saturated carbocycles. The lowest BCUT2D eigenvalue weighted by atomic mass is 10.1. The molecular weight excluding hydrogens is 168 g/mol. The van der Waals surface area contributed by atoms with Gasteiger partial charge in [-0.2, -0.15) is 0 Å². The molecule has 4 N–H and O–H groups in total. The Morgan fingerprint density at radius 2 is 2.31 bits per heavy atom. The molecule has 0 amide bonds. The van der Waals surface area contributed by atoms with Crippen LogP contribution < -0.4 is 11.3 Å². The van der Waals surface area contributed by atoms with Gasteiger partial charge in [-0.15, -0.1) is 0 Å². The predicted octanol–water partition coefficient (Wildman–Crippen LogP) is 0.799. The summed E-state index contributed by atoms with van der Waals surface area (Å²) in [5, 5.41) is 9.47. The minimum Gasteiger partial charge on any atom is -0.507 e. The van der Waals surface area contributed by atoms with Crippen molar-refractivity contribution in [1.29, 1.82) is 0 Å². The number of rotatable bonds is 2. The molecule has 72 valence electrons. The molecule has 13 heavy (non-hydrogen) atoms.